The van der Waals surface area contributed by atoms with Gasteiger partial charge in [0.2, 0.25) is 0 Å². The molecule has 3 rings (SSSR count). The van der Waals surface area contributed by atoms with Crippen molar-refractivity contribution in [1.82, 2.24) is 15.8 Å². The maximum Gasteiger partial charge on any atom is 0.191 e. The number of rotatable bonds is 6. The highest BCUT2D eigenvalue weighted by atomic mass is 127. The molecule has 26 heavy (non-hydrogen) atoms. The summed E-state index contributed by atoms with van der Waals surface area (Å²) in [4.78, 5) is 4.37. The Balaban J connectivity index is 0.00000243. The first kappa shape index (κ1) is 21.5. The molecule has 2 fully saturated rings. The Bertz CT molecular complexity index is 612. The van der Waals surface area contributed by atoms with Gasteiger partial charge in [-0.2, -0.15) is 0 Å². The molecule has 2 heterocycles. The van der Waals surface area contributed by atoms with E-state index in [1.807, 2.05) is 0 Å². The van der Waals surface area contributed by atoms with Gasteiger partial charge in [-0.05, 0) is 19.3 Å². The second kappa shape index (κ2) is 8.91. The van der Waals surface area contributed by atoms with Gasteiger partial charge in [-0.3, -0.25) is 4.99 Å². The van der Waals surface area contributed by atoms with Gasteiger partial charge in [0.25, 0.3) is 0 Å². The third-order valence-electron chi connectivity index (χ3n) is 6.03. The number of nitrogens with one attached hydrogen (secondary N) is 2. The molecule has 2 N–H and O–H groups in total. The molecule has 1 aliphatic heterocycles. The Kier molecular flexibility index (Phi) is 7.35. The Labute approximate surface area is 173 Å². The maximum atomic E-state index is 5.86. The summed E-state index contributed by atoms with van der Waals surface area (Å²) < 4.78 is 11.3. The Morgan fingerprint density at radius 1 is 1.38 bits per heavy atom. The highest BCUT2D eigenvalue weighted by Crippen LogP contribution is 2.52. The minimum Gasteiger partial charge on any atom is -0.377 e. The van der Waals surface area contributed by atoms with E-state index in [-0.39, 0.29) is 29.4 Å². The van der Waals surface area contributed by atoms with Crippen molar-refractivity contribution >= 4 is 29.9 Å². The molecule has 0 amide bonds. The summed E-state index contributed by atoms with van der Waals surface area (Å²) in [5.74, 6) is 2.72. The average molecular weight is 476 g/mol. The molecule has 2 aliphatic rings. The molecular weight excluding hydrogens is 443 g/mol. The predicted octanol–water partition coefficient (Wildman–Crippen LogP) is 3.67. The molecule has 1 saturated heterocycles. The quantitative estimate of drug-likeness (QED) is 0.373. The van der Waals surface area contributed by atoms with Crippen LogP contribution in [0.25, 0.3) is 0 Å². The van der Waals surface area contributed by atoms with Gasteiger partial charge in [0, 0.05) is 43.0 Å². The third-order valence-corrected chi connectivity index (χ3v) is 6.03. The minimum atomic E-state index is 0. The van der Waals surface area contributed by atoms with E-state index < -0.39 is 0 Å². The van der Waals surface area contributed by atoms with Crippen LogP contribution in [0.3, 0.4) is 0 Å². The summed E-state index contributed by atoms with van der Waals surface area (Å²) in [5.41, 5.74) is 1.18. The van der Waals surface area contributed by atoms with Crippen LogP contribution in [0.15, 0.2) is 15.6 Å². The fourth-order valence-corrected chi connectivity index (χ4v) is 4.44. The highest BCUT2D eigenvalue weighted by molar-refractivity contribution is 14.0. The van der Waals surface area contributed by atoms with E-state index in [0.717, 1.165) is 43.3 Å². The van der Waals surface area contributed by atoms with E-state index >= 15 is 0 Å². The standard InChI is InChI=1S/C19H32N4O2.HI/c1-6-12(7-2)15-10-13(25-23-15)11-21-18(20-5)22-16-14-8-9-24-17(14)19(16,3)4;/h10,12,14,16-17H,6-9,11H2,1-5H3,(H2,20,21,22);1H. The van der Waals surface area contributed by atoms with Crippen LogP contribution < -0.4 is 10.6 Å². The number of aliphatic imine (C=N–C) groups is 1. The second-order valence-corrected chi connectivity index (χ2v) is 7.84. The molecule has 3 atom stereocenters. The van der Waals surface area contributed by atoms with E-state index in [4.69, 9.17) is 9.26 Å². The lowest BCUT2D eigenvalue weighted by Gasteiger charge is -2.54. The van der Waals surface area contributed by atoms with Crippen molar-refractivity contribution in [1.29, 1.82) is 0 Å². The largest absolute Gasteiger partial charge is 0.377 e. The number of aromatic nitrogens is 1. The van der Waals surface area contributed by atoms with E-state index in [9.17, 15) is 0 Å². The van der Waals surface area contributed by atoms with Gasteiger partial charge in [-0.15, -0.1) is 24.0 Å². The van der Waals surface area contributed by atoms with Crippen molar-refractivity contribution in [3.8, 4) is 0 Å². The fourth-order valence-electron chi connectivity index (χ4n) is 4.44. The number of fused-ring (bicyclic) bond motifs is 1. The van der Waals surface area contributed by atoms with E-state index in [1.165, 1.54) is 0 Å². The molecule has 0 radical (unpaired) electrons. The monoisotopic (exact) mass is 476 g/mol. The van der Waals surface area contributed by atoms with Crippen molar-refractivity contribution in [3.63, 3.8) is 0 Å². The molecule has 148 valence electrons. The minimum absolute atomic E-state index is 0. The summed E-state index contributed by atoms with van der Waals surface area (Å²) in [6.45, 7) is 10.4. The molecular formula is C19H33IN4O2. The van der Waals surface area contributed by atoms with E-state index in [1.54, 1.807) is 7.05 Å². The van der Waals surface area contributed by atoms with Crippen molar-refractivity contribution in [3.05, 3.63) is 17.5 Å². The zero-order valence-corrected chi connectivity index (χ0v) is 18.9. The first-order valence-electron chi connectivity index (χ1n) is 9.55. The normalized spacial score (nSPS) is 26.8. The van der Waals surface area contributed by atoms with Gasteiger partial charge in [0.1, 0.15) is 0 Å². The van der Waals surface area contributed by atoms with E-state index in [0.29, 0.717) is 30.5 Å². The van der Waals surface area contributed by atoms with Crippen LogP contribution in [0, 0.1) is 11.3 Å². The number of ether oxygens (including phenoxy) is 1. The van der Waals surface area contributed by atoms with Crippen LogP contribution in [-0.4, -0.2) is 36.9 Å². The molecule has 1 saturated carbocycles. The summed E-state index contributed by atoms with van der Waals surface area (Å²) in [6.07, 6.45) is 3.67. The lowest BCUT2D eigenvalue weighted by Crippen LogP contribution is -2.67. The zero-order chi connectivity index (χ0) is 18.0. The number of hydrogen-bond donors (Lipinski definition) is 2. The summed E-state index contributed by atoms with van der Waals surface area (Å²) in [6, 6.07) is 2.45. The van der Waals surface area contributed by atoms with Crippen LogP contribution in [0.5, 0.6) is 0 Å². The lowest BCUT2D eigenvalue weighted by molar-refractivity contribution is -0.106. The molecule has 1 aromatic rings. The van der Waals surface area contributed by atoms with Crippen LogP contribution >= 0.6 is 24.0 Å². The molecule has 1 aromatic heterocycles. The smallest absolute Gasteiger partial charge is 0.191 e. The van der Waals surface area contributed by atoms with Crippen molar-refractivity contribution in [2.75, 3.05) is 13.7 Å². The summed E-state index contributed by atoms with van der Waals surface area (Å²) in [5, 5.41) is 11.2. The Morgan fingerprint density at radius 2 is 2.12 bits per heavy atom. The molecule has 0 aromatic carbocycles. The van der Waals surface area contributed by atoms with Crippen molar-refractivity contribution in [2.45, 2.75) is 71.6 Å². The maximum absolute atomic E-state index is 5.86. The van der Waals surface area contributed by atoms with Gasteiger partial charge in [0.15, 0.2) is 11.7 Å². The topological polar surface area (TPSA) is 71.7 Å². The third kappa shape index (κ3) is 4.03. The van der Waals surface area contributed by atoms with Gasteiger partial charge < -0.3 is 19.9 Å². The fraction of sp³-hybridized carbons (Fsp3) is 0.789. The van der Waals surface area contributed by atoms with Gasteiger partial charge in [0.05, 0.1) is 18.3 Å². The van der Waals surface area contributed by atoms with Crippen LogP contribution in [0.1, 0.15) is 64.3 Å². The molecule has 1 aliphatic carbocycles. The molecule has 0 bridgehead atoms. The van der Waals surface area contributed by atoms with Crippen molar-refractivity contribution in [2.24, 2.45) is 16.3 Å². The van der Waals surface area contributed by atoms with Crippen LogP contribution in [0.4, 0.5) is 0 Å². The number of halogens is 1. The van der Waals surface area contributed by atoms with Gasteiger partial charge in [-0.1, -0.05) is 32.9 Å². The molecule has 3 unspecified atom stereocenters. The number of nitrogens with zero attached hydrogens (tertiary/aromatic N) is 2. The first-order valence-corrected chi connectivity index (χ1v) is 9.55. The van der Waals surface area contributed by atoms with Crippen molar-refractivity contribution < 1.29 is 9.26 Å². The van der Waals surface area contributed by atoms with Gasteiger partial charge in [-0.25, -0.2) is 0 Å². The SMILES string of the molecule is CCC(CC)c1cc(CNC(=NC)NC2C3CCOC3C2(C)C)on1.I. The zero-order valence-electron chi connectivity index (χ0n) is 16.5. The summed E-state index contributed by atoms with van der Waals surface area (Å²) in [7, 11) is 1.81. The number of guanidine groups is 1. The van der Waals surface area contributed by atoms with Crippen LogP contribution in [0.2, 0.25) is 0 Å². The Hall–Kier alpha value is -0.830. The Morgan fingerprint density at radius 3 is 2.77 bits per heavy atom. The van der Waals surface area contributed by atoms with Crippen LogP contribution in [-0.2, 0) is 11.3 Å². The predicted molar refractivity (Wildman–Crippen MR) is 114 cm³/mol. The first-order chi connectivity index (χ1) is 12.0. The van der Waals surface area contributed by atoms with E-state index in [2.05, 4.69) is 54.5 Å². The molecule has 0 spiro atoms. The number of hydrogen-bond acceptors (Lipinski definition) is 4. The molecule has 6 nitrogen and oxygen atoms in total. The second-order valence-electron chi connectivity index (χ2n) is 7.84. The highest BCUT2D eigenvalue weighted by Gasteiger charge is 2.59. The molecule has 7 heteroatoms. The lowest BCUT2D eigenvalue weighted by atomic mass is 9.57. The van der Waals surface area contributed by atoms with Gasteiger partial charge >= 0.3 is 0 Å². The average Bonchev–Trinajstić information content (AvgIpc) is 3.24. The summed E-state index contributed by atoms with van der Waals surface area (Å²) >= 11 is 0.